The number of benzene rings is 2. The summed E-state index contributed by atoms with van der Waals surface area (Å²) in [6.45, 7) is 18.8. The first-order valence-electron chi connectivity index (χ1n) is 12.2. The van der Waals surface area contributed by atoms with Gasteiger partial charge in [-0.25, -0.2) is 0 Å². The quantitative estimate of drug-likeness (QED) is 0.510. The van der Waals surface area contributed by atoms with Gasteiger partial charge in [0.05, 0.1) is 0 Å². The van der Waals surface area contributed by atoms with Crippen molar-refractivity contribution in [1.82, 2.24) is 0 Å². The van der Waals surface area contributed by atoms with Crippen molar-refractivity contribution in [3.05, 3.63) is 80.9 Å². The number of hydrogen-bond donors (Lipinski definition) is 0. The van der Waals surface area contributed by atoms with E-state index in [4.69, 9.17) is 0 Å². The van der Waals surface area contributed by atoms with Crippen molar-refractivity contribution in [2.45, 2.75) is 86.3 Å². The summed E-state index contributed by atoms with van der Waals surface area (Å²) in [4.78, 5) is 0. The fourth-order valence-electron chi connectivity index (χ4n) is 5.47. The Kier molecular flexibility index (Phi) is 9.90. The molecule has 2 aliphatic rings. The predicted molar refractivity (Wildman–Crippen MR) is 133 cm³/mol. The third kappa shape index (κ3) is 5.32. The second-order valence-corrected chi connectivity index (χ2v) is 14.5. The Morgan fingerprint density at radius 2 is 0.818 bits per heavy atom. The Morgan fingerprint density at radius 3 is 1.12 bits per heavy atom. The maximum atomic E-state index is 2.57. The summed E-state index contributed by atoms with van der Waals surface area (Å²) >= 11 is -0.771. The van der Waals surface area contributed by atoms with Crippen LogP contribution in [0.2, 0.25) is 0 Å². The van der Waals surface area contributed by atoms with Crippen LogP contribution in [0.1, 0.15) is 131 Å². The molecule has 0 spiro atoms. The molecule has 2 aromatic rings. The molecule has 0 saturated heterocycles. The fraction of sp³-hybridized carbons (Fsp3) is 0.467. The van der Waals surface area contributed by atoms with Gasteiger partial charge in [0.15, 0.2) is 0 Å². The normalized spacial score (nSPS) is 17.9. The van der Waals surface area contributed by atoms with Crippen LogP contribution in [-0.4, -0.2) is 0 Å². The minimum atomic E-state index is -0.771. The summed E-state index contributed by atoms with van der Waals surface area (Å²) in [5.41, 5.74) is 12.7. The summed E-state index contributed by atoms with van der Waals surface area (Å²) in [5, 5.41) is 0. The monoisotopic (exact) mass is 558 g/mol. The van der Waals surface area contributed by atoms with E-state index in [1.54, 1.807) is 33.4 Å². The van der Waals surface area contributed by atoms with Crippen LogP contribution in [-0.2, 0) is 23.2 Å². The van der Waals surface area contributed by atoms with Crippen molar-refractivity contribution in [2.24, 2.45) is 0 Å². The molecule has 0 heterocycles. The average Bonchev–Trinajstić information content (AvgIpc) is 3.31. The summed E-state index contributed by atoms with van der Waals surface area (Å²) in [6.07, 6.45) is 10.1. The molecule has 0 nitrogen and oxygen atoms in total. The molecule has 2 atom stereocenters. The van der Waals surface area contributed by atoms with Crippen molar-refractivity contribution in [3.63, 3.8) is 0 Å². The Morgan fingerprint density at radius 1 is 0.515 bits per heavy atom. The Bertz CT molecular complexity index is 960. The number of allylic oxidation sites excluding steroid dienone is 2. The summed E-state index contributed by atoms with van der Waals surface area (Å²) in [5.74, 6) is 2.33. The van der Waals surface area contributed by atoms with Crippen LogP contribution in [0.15, 0.2) is 36.4 Å². The minimum Gasteiger partial charge on any atom is -1.00 e. The van der Waals surface area contributed by atoms with Crippen LogP contribution in [0, 0.1) is 0 Å². The van der Waals surface area contributed by atoms with Crippen LogP contribution in [0.5, 0.6) is 0 Å². The second-order valence-electron chi connectivity index (χ2n) is 10.6. The number of hydrogen-bond acceptors (Lipinski definition) is 0. The largest absolute Gasteiger partial charge is 1.00 e. The average molecular weight is 561 g/mol. The molecule has 176 valence electrons. The molecule has 0 aromatic heterocycles. The van der Waals surface area contributed by atoms with E-state index in [1.807, 2.05) is 0 Å². The Hall–Kier alpha value is -0.617. The SMILES string of the molecule is CC(C)c1ccc(C(C)C)c2c1C=C[CH]2[Zr+2][CH]1C=Cc2c(C(C)C)ccc(C(C)C)c21.[Cl-].[Cl-]. The van der Waals surface area contributed by atoms with Crippen LogP contribution >= 0.6 is 0 Å². The van der Waals surface area contributed by atoms with E-state index in [0.29, 0.717) is 30.9 Å². The van der Waals surface area contributed by atoms with E-state index in [9.17, 15) is 0 Å². The molecule has 0 amide bonds. The maximum absolute atomic E-state index is 2.57. The smallest absolute Gasteiger partial charge is 1.00 e. The van der Waals surface area contributed by atoms with Gasteiger partial charge in [-0.15, -0.1) is 0 Å². The van der Waals surface area contributed by atoms with Crippen molar-refractivity contribution in [3.8, 4) is 0 Å². The van der Waals surface area contributed by atoms with E-state index in [1.165, 1.54) is 11.1 Å². The zero-order valence-corrected chi connectivity index (χ0v) is 25.3. The van der Waals surface area contributed by atoms with Crippen LogP contribution in [0.3, 0.4) is 0 Å². The molecular formula is C30H38Cl2Zr. The molecule has 2 unspecified atom stereocenters. The summed E-state index contributed by atoms with van der Waals surface area (Å²) in [6, 6.07) is 9.67. The molecule has 4 rings (SSSR count). The van der Waals surface area contributed by atoms with Crippen LogP contribution in [0.25, 0.3) is 12.2 Å². The van der Waals surface area contributed by atoms with Crippen molar-refractivity contribution in [2.75, 3.05) is 0 Å². The first kappa shape index (κ1) is 28.6. The van der Waals surface area contributed by atoms with Crippen LogP contribution in [0.4, 0.5) is 0 Å². The first-order chi connectivity index (χ1) is 14.7. The molecule has 33 heavy (non-hydrogen) atoms. The molecule has 0 bridgehead atoms. The van der Waals surface area contributed by atoms with E-state index in [0.717, 1.165) is 0 Å². The van der Waals surface area contributed by atoms with Gasteiger partial charge in [0, 0.05) is 0 Å². The van der Waals surface area contributed by atoms with Gasteiger partial charge in [0.25, 0.3) is 0 Å². The van der Waals surface area contributed by atoms with Gasteiger partial charge in [-0.1, -0.05) is 0 Å². The van der Waals surface area contributed by atoms with Gasteiger partial charge in [-0.05, 0) is 0 Å². The minimum absolute atomic E-state index is 0. The Labute approximate surface area is 226 Å². The standard InChI is InChI=1S/2C15H19.2ClH.Zr/c2*1-10(2)12-8-9-13(11(3)4)15-7-5-6-14(12)15;;;/h2*5-11H,1-4H3;2*1H;/q;;;;+2/p-2. The molecule has 2 aromatic carbocycles. The van der Waals surface area contributed by atoms with Crippen LogP contribution < -0.4 is 24.8 Å². The molecule has 3 heteroatoms. The van der Waals surface area contributed by atoms with Crippen molar-refractivity contribution < 1.29 is 48.0 Å². The summed E-state index contributed by atoms with van der Waals surface area (Å²) in [7, 11) is 0. The van der Waals surface area contributed by atoms with E-state index >= 15 is 0 Å². The van der Waals surface area contributed by atoms with E-state index < -0.39 is 23.2 Å². The van der Waals surface area contributed by atoms with E-state index in [2.05, 4.69) is 104 Å². The molecule has 0 radical (unpaired) electrons. The van der Waals surface area contributed by atoms with Crippen molar-refractivity contribution >= 4 is 12.2 Å². The van der Waals surface area contributed by atoms with Gasteiger partial charge in [-0.2, -0.15) is 0 Å². The zero-order chi connectivity index (χ0) is 22.4. The van der Waals surface area contributed by atoms with Crippen molar-refractivity contribution in [1.29, 1.82) is 0 Å². The molecule has 0 fully saturated rings. The molecule has 0 N–H and O–H groups in total. The summed E-state index contributed by atoms with van der Waals surface area (Å²) < 4.78 is 1.36. The number of rotatable bonds is 6. The van der Waals surface area contributed by atoms with Gasteiger partial charge < -0.3 is 24.8 Å². The van der Waals surface area contributed by atoms with Gasteiger partial charge in [0.1, 0.15) is 0 Å². The molecule has 0 saturated carbocycles. The Balaban J connectivity index is 0.00000193. The first-order valence-corrected chi connectivity index (χ1v) is 15.0. The topological polar surface area (TPSA) is 0 Å². The third-order valence-electron chi connectivity index (χ3n) is 7.09. The van der Waals surface area contributed by atoms with Gasteiger partial charge in [-0.3, -0.25) is 0 Å². The molecule has 2 aliphatic carbocycles. The number of fused-ring (bicyclic) bond motifs is 2. The number of halogens is 2. The zero-order valence-electron chi connectivity index (χ0n) is 21.3. The van der Waals surface area contributed by atoms with Gasteiger partial charge in [0.2, 0.25) is 0 Å². The second kappa shape index (κ2) is 11.4. The van der Waals surface area contributed by atoms with E-state index in [-0.39, 0.29) is 24.8 Å². The fourth-order valence-corrected chi connectivity index (χ4v) is 9.84. The van der Waals surface area contributed by atoms with Gasteiger partial charge >= 0.3 is 203 Å². The maximum Gasteiger partial charge on any atom is -1.00 e. The molecular weight excluding hydrogens is 522 g/mol. The third-order valence-corrected chi connectivity index (χ3v) is 11.2. The molecule has 0 aliphatic heterocycles. The predicted octanol–water partition coefficient (Wildman–Crippen LogP) is 3.11.